The van der Waals surface area contributed by atoms with Gasteiger partial charge in [0.1, 0.15) is 0 Å². The fourth-order valence-corrected chi connectivity index (χ4v) is 2.56. The lowest BCUT2D eigenvalue weighted by Gasteiger charge is -2.05. The van der Waals surface area contributed by atoms with Gasteiger partial charge in [0.05, 0.1) is 5.75 Å². The van der Waals surface area contributed by atoms with Crippen LogP contribution >= 0.6 is 11.8 Å². The summed E-state index contributed by atoms with van der Waals surface area (Å²) in [5.74, 6) is 5.44. The molecule has 0 heterocycles. The van der Waals surface area contributed by atoms with E-state index in [0.29, 0.717) is 0 Å². The quantitative estimate of drug-likeness (QED) is 0.749. The highest BCUT2D eigenvalue weighted by Crippen LogP contribution is 2.31. The molecular weight excluding hydrogens is 208 g/mol. The molecule has 0 aromatic rings. The van der Waals surface area contributed by atoms with Gasteiger partial charge in [0.15, 0.2) is 0 Å². The number of carboxylic acids is 1. The van der Waals surface area contributed by atoms with Crippen molar-refractivity contribution >= 4 is 17.7 Å². The molecule has 0 aromatic heterocycles. The largest absolute Gasteiger partial charge is 0.481 e. The van der Waals surface area contributed by atoms with Crippen LogP contribution < -0.4 is 0 Å². The van der Waals surface area contributed by atoms with Crippen LogP contribution in [0.5, 0.6) is 0 Å². The molecule has 82 valence electrons. The minimum absolute atomic E-state index is 0.157. The first-order valence-corrected chi connectivity index (χ1v) is 6.22. The lowest BCUT2D eigenvalue weighted by molar-refractivity contribution is -0.133. The van der Waals surface area contributed by atoms with Crippen LogP contribution in [0.4, 0.5) is 0 Å². The van der Waals surface area contributed by atoms with Crippen LogP contribution in [0.25, 0.3) is 0 Å². The van der Waals surface area contributed by atoms with E-state index in [0.717, 1.165) is 19.3 Å². The monoisotopic (exact) mass is 224 g/mol. The summed E-state index contributed by atoms with van der Waals surface area (Å²) >= 11 is 1.44. The van der Waals surface area contributed by atoms with Crippen LogP contribution in [0.2, 0.25) is 0 Å². The van der Waals surface area contributed by atoms with Crippen molar-refractivity contribution in [2.24, 2.45) is 0 Å². The number of carbonyl (C=O) groups is 1. The first-order chi connectivity index (χ1) is 7.24. The number of carboxylic acid groups (broad SMARTS) is 1. The molecule has 15 heavy (non-hydrogen) atoms. The van der Waals surface area contributed by atoms with E-state index in [2.05, 4.69) is 11.8 Å². The summed E-state index contributed by atoms with van der Waals surface area (Å²) in [5, 5.41) is 8.65. The van der Waals surface area contributed by atoms with Gasteiger partial charge in [-0.25, -0.2) is 0 Å². The number of hydrogen-bond acceptors (Lipinski definition) is 2. The minimum Gasteiger partial charge on any atom is -0.481 e. The third-order valence-corrected chi connectivity index (χ3v) is 3.50. The highest BCUT2D eigenvalue weighted by atomic mass is 32.2. The standard InChI is InChI=1S/C12H16O2S/c1-2-6-10-7-4-3-5-8-11(10)15-9-12(13)14/h3-5,7-9H2,1H3,(H,13,14). The van der Waals surface area contributed by atoms with Gasteiger partial charge in [0, 0.05) is 5.57 Å². The Morgan fingerprint density at radius 3 is 2.80 bits per heavy atom. The van der Waals surface area contributed by atoms with E-state index in [-0.39, 0.29) is 5.75 Å². The number of allylic oxidation sites excluding steroid dienone is 2. The van der Waals surface area contributed by atoms with Crippen molar-refractivity contribution in [1.29, 1.82) is 0 Å². The van der Waals surface area contributed by atoms with Gasteiger partial charge in [-0.15, -0.1) is 17.7 Å². The molecule has 0 atom stereocenters. The number of hydrogen-bond donors (Lipinski definition) is 1. The minimum atomic E-state index is -0.749. The third kappa shape index (κ3) is 4.44. The van der Waals surface area contributed by atoms with E-state index in [9.17, 15) is 4.79 Å². The lowest BCUT2D eigenvalue weighted by Crippen LogP contribution is -1.99. The number of rotatable bonds is 3. The third-order valence-electron chi connectivity index (χ3n) is 2.31. The topological polar surface area (TPSA) is 37.3 Å². The van der Waals surface area contributed by atoms with Gasteiger partial charge in [-0.3, -0.25) is 4.79 Å². The molecule has 0 spiro atoms. The summed E-state index contributed by atoms with van der Waals surface area (Å²) in [6.45, 7) is 1.83. The van der Waals surface area contributed by atoms with E-state index >= 15 is 0 Å². The zero-order valence-corrected chi connectivity index (χ0v) is 9.82. The fourth-order valence-electron chi connectivity index (χ4n) is 1.65. The van der Waals surface area contributed by atoms with Crippen molar-refractivity contribution in [3.63, 3.8) is 0 Å². The molecule has 2 nitrogen and oxygen atoms in total. The smallest absolute Gasteiger partial charge is 0.313 e. The molecule has 3 heteroatoms. The van der Waals surface area contributed by atoms with Crippen LogP contribution in [-0.2, 0) is 4.79 Å². The van der Waals surface area contributed by atoms with Crippen LogP contribution in [0.1, 0.15) is 39.0 Å². The Labute approximate surface area is 95.1 Å². The van der Waals surface area contributed by atoms with Crippen molar-refractivity contribution < 1.29 is 9.90 Å². The number of aliphatic carboxylic acids is 1. The Morgan fingerprint density at radius 2 is 2.13 bits per heavy atom. The highest BCUT2D eigenvalue weighted by molar-refractivity contribution is 8.03. The van der Waals surface area contributed by atoms with Crippen molar-refractivity contribution in [2.75, 3.05) is 5.75 Å². The molecule has 1 rings (SSSR count). The van der Waals surface area contributed by atoms with Crippen LogP contribution in [0.15, 0.2) is 10.5 Å². The van der Waals surface area contributed by atoms with Gasteiger partial charge in [0.25, 0.3) is 0 Å². The predicted molar refractivity (Wildman–Crippen MR) is 63.7 cm³/mol. The summed E-state index contributed by atoms with van der Waals surface area (Å²) in [6, 6.07) is 0. The zero-order valence-electron chi connectivity index (χ0n) is 9.01. The van der Waals surface area contributed by atoms with Gasteiger partial charge in [-0.05, 0) is 37.5 Å². The Morgan fingerprint density at radius 1 is 1.40 bits per heavy atom. The molecule has 0 aliphatic heterocycles. The maximum atomic E-state index is 10.5. The Kier molecular flexibility index (Phi) is 5.34. The Balaban J connectivity index is 2.72. The average Bonchev–Trinajstić information content (AvgIpc) is 2.41. The first-order valence-electron chi connectivity index (χ1n) is 5.23. The normalized spacial score (nSPS) is 16.6. The molecule has 1 aliphatic carbocycles. The van der Waals surface area contributed by atoms with E-state index in [1.165, 1.54) is 35.1 Å². The molecule has 0 saturated carbocycles. The summed E-state index contributed by atoms with van der Waals surface area (Å²) in [7, 11) is 0. The molecule has 0 aromatic carbocycles. The summed E-state index contributed by atoms with van der Waals surface area (Å²) in [5.41, 5.74) is 1.17. The van der Waals surface area contributed by atoms with Gasteiger partial charge in [0.2, 0.25) is 0 Å². The van der Waals surface area contributed by atoms with Crippen molar-refractivity contribution in [2.45, 2.75) is 39.0 Å². The SMILES string of the molecule is CC#CC1=C(SCC(=O)O)CCCCC1. The second-order valence-electron chi connectivity index (χ2n) is 3.52. The fraction of sp³-hybridized carbons (Fsp3) is 0.583. The van der Waals surface area contributed by atoms with Crippen molar-refractivity contribution in [1.82, 2.24) is 0 Å². The highest BCUT2D eigenvalue weighted by Gasteiger charge is 2.11. The van der Waals surface area contributed by atoms with E-state index < -0.39 is 5.97 Å². The second kappa shape index (κ2) is 6.58. The molecule has 1 aliphatic rings. The van der Waals surface area contributed by atoms with Gasteiger partial charge >= 0.3 is 5.97 Å². The summed E-state index contributed by atoms with van der Waals surface area (Å²) < 4.78 is 0. The molecule has 1 N–H and O–H groups in total. The first kappa shape index (κ1) is 12.2. The molecule has 0 amide bonds. The second-order valence-corrected chi connectivity index (χ2v) is 4.59. The molecule has 0 radical (unpaired) electrons. The van der Waals surface area contributed by atoms with E-state index in [4.69, 9.17) is 5.11 Å². The van der Waals surface area contributed by atoms with E-state index in [1.807, 2.05) is 6.92 Å². The van der Waals surface area contributed by atoms with Crippen LogP contribution in [0.3, 0.4) is 0 Å². The maximum absolute atomic E-state index is 10.5. The summed E-state index contributed by atoms with van der Waals surface area (Å²) in [6.07, 6.45) is 5.59. The van der Waals surface area contributed by atoms with E-state index in [1.54, 1.807) is 0 Å². The van der Waals surface area contributed by atoms with Gasteiger partial charge in [-0.2, -0.15) is 0 Å². The Bertz CT molecular complexity index is 320. The molecule has 0 fully saturated rings. The van der Waals surface area contributed by atoms with Crippen molar-refractivity contribution in [3.05, 3.63) is 10.5 Å². The van der Waals surface area contributed by atoms with Gasteiger partial charge < -0.3 is 5.11 Å². The summed E-state index contributed by atoms with van der Waals surface area (Å²) in [4.78, 5) is 11.7. The Hall–Kier alpha value is -0.880. The molecular formula is C12H16O2S. The lowest BCUT2D eigenvalue weighted by atomic mass is 10.1. The van der Waals surface area contributed by atoms with Crippen LogP contribution in [-0.4, -0.2) is 16.8 Å². The number of thioether (sulfide) groups is 1. The molecule has 0 unspecified atom stereocenters. The zero-order chi connectivity index (χ0) is 11.1. The molecule has 0 saturated heterocycles. The van der Waals surface area contributed by atoms with Crippen LogP contribution in [0, 0.1) is 11.8 Å². The predicted octanol–water partition coefficient (Wildman–Crippen LogP) is 3.05. The maximum Gasteiger partial charge on any atom is 0.313 e. The average molecular weight is 224 g/mol. The van der Waals surface area contributed by atoms with Crippen molar-refractivity contribution in [3.8, 4) is 11.8 Å². The van der Waals surface area contributed by atoms with Gasteiger partial charge in [-0.1, -0.05) is 12.3 Å². The molecule has 0 bridgehead atoms.